The number of benzene rings is 2. The van der Waals surface area contributed by atoms with E-state index in [0.717, 1.165) is 16.4 Å². The van der Waals surface area contributed by atoms with Crippen LogP contribution in [0.1, 0.15) is 0 Å². The molecule has 0 bridgehead atoms. The maximum atomic E-state index is 9.99. The van der Waals surface area contributed by atoms with E-state index in [-0.39, 0.29) is 5.75 Å². The lowest BCUT2D eigenvalue weighted by molar-refractivity contribution is 0.467. The topological polar surface area (TPSA) is 53.4 Å². The Labute approximate surface area is 102 Å². The number of rotatable bonds is 1. The van der Waals surface area contributed by atoms with Crippen LogP contribution in [0.25, 0.3) is 21.8 Å². The summed E-state index contributed by atoms with van der Waals surface area (Å²) in [5.74, 6) is 0.0771. The smallest absolute Gasteiger partial charge is 0.140 e. The Kier molecular flexibility index (Phi) is 2.39. The number of hydrogen-bond acceptors (Lipinski definition) is 4. The number of fused-ring (bicyclic) bond motifs is 2. The molecule has 4 heteroatoms. The van der Waals surface area contributed by atoms with E-state index < -0.39 is 0 Å². The van der Waals surface area contributed by atoms with Crippen molar-refractivity contribution in [2.24, 2.45) is 0 Å². The molecule has 0 aliphatic rings. The van der Waals surface area contributed by atoms with Crippen LogP contribution in [0.4, 0.5) is 0 Å². The SMILES string of the molecule is OSc1ccc2nc3ccccc3cc2c1O. The summed E-state index contributed by atoms with van der Waals surface area (Å²) in [4.78, 5) is 4.90. The van der Waals surface area contributed by atoms with Gasteiger partial charge in [-0.3, -0.25) is 0 Å². The summed E-state index contributed by atoms with van der Waals surface area (Å²) >= 11 is 0.538. The molecule has 0 amide bonds. The summed E-state index contributed by atoms with van der Waals surface area (Å²) in [7, 11) is 0. The van der Waals surface area contributed by atoms with Crippen molar-refractivity contribution in [1.29, 1.82) is 0 Å². The number of phenolic OH excluding ortho intramolecular Hbond substituents is 1. The minimum absolute atomic E-state index is 0.0771. The fourth-order valence-corrected chi connectivity index (χ4v) is 2.21. The minimum Gasteiger partial charge on any atom is -0.506 e. The minimum atomic E-state index is 0.0771. The normalized spacial score (nSPS) is 11.1. The van der Waals surface area contributed by atoms with Crippen LogP contribution in [0.2, 0.25) is 0 Å². The van der Waals surface area contributed by atoms with Crippen molar-refractivity contribution >= 4 is 33.8 Å². The molecule has 0 spiro atoms. The Bertz CT molecular complexity index is 712. The number of nitrogens with zero attached hydrogens (tertiary/aromatic N) is 1. The molecular formula is C13H9NO2S. The van der Waals surface area contributed by atoms with Crippen LogP contribution in [0, 0.1) is 0 Å². The van der Waals surface area contributed by atoms with E-state index in [1.54, 1.807) is 12.1 Å². The molecule has 3 aromatic rings. The fraction of sp³-hybridized carbons (Fsp3) is 0. The maximum Gasteiger partial charge on any atom is 0.140 e. The second kappa shape index (κ2) is 3.91. The molecule has 3 nitrogen and oxygen atoms in total. The quantitative estimate of drug-likeness (QED) is 0.506. The van der Waals surface area contributed by atoms with Crippen LogP contribution in [0.3, 0.4) is 0 Å². The van der Waals surface area contributed by atoms with Gasteiger partial charge in [-0.05, 0) is 24.3 Å². The van der Waals surface area contributed by atoms with Gasteiger partial charge in [-0.1, -0.05) is 18.2 Å². The van der Waals surface area contributed by atoms with E-state index in [1.807, 2.05) is 30.3 Å². The third kappa shape index (κ3) is 1.62. The van der Waals surface area contributed by atoms with Gasteiger partial charge in [-0.25, -0.2) is 4.98 Å². The van der Waals surface area contributed by atoms with Crippen molar-refractivity contribution in [3.63, 3.8) is 0 Å². The average Bonchev–Trinajstić information content (AvgIpc) is 2.37. The van der Waals surface area contributed by atoms with Crippen molar-refractivity contribution < 1.29 is 9.66 Å². The van der Waals surface area contributed by atoms with Crippen LogP contribution in [0.5, 0.6) is 5.75 Å². The monoisotopic (exact) mass is 243 g/mol. The van der Waals surface area contributed by atoms with Crippen LogP contribution in [0.15, 0.2) is 47.4 Å². The molecule has 0 radical (unpaired) electrons. The third-order valence-corrected chi connectivity index (χ3v) is 3.26. The average molecular weight is 243 g/mol. The van der Waals surface area contributed by atoms with Gasteiger partial charge < -0.3 is 9.66 Å². The first-order valence-corrected chi connectivity index (χ1v) is 5.90. The molecule has 0 unspecified atom stereocenters. The van der Waals surface area contributed by atoms with Gasteiger partial charge in [0.25, 0.3) is 0 Å². The second-order valence-electron chi connectivity index (χ2n) is 3.75. The Morgan fingerprint density at radius 2 is 1.82 bits per heavy atom. The number of aromatic nitrogens is 1. The molecule has 84 valence electrons. The van der Waals surface area contributed by atoms with E-state index in [9.17, 15) is 5.11 Å². The highest BCUT2D eigenvalue weighted by molar-refractivity contribution is 7.93. The molecular weight excluding hydrogens is 234 g/mol. The molecule has 0 saturated heterocycles. The van der Waals surface area contributed by atoms with Gasteiger partial charge >= 0.3 is 0 Å². The Morgan fingerprint density at radius 1 is 1.00 bits per heavy atom. The second-order valence-corrected chi connectivity index (χ2v) is 4.37. The molecule has 2 N–H and O–H groups in total. The lowest BCUT2D eigenvalue weighted by Crippen LogP contribution is -1.84. The maximum absolute atomic E-state index is 9.99. The predicted molar refractivity (Wildman–Crippen MR) is 69.4 cm³/mol. The summed E-state index contributed by atoms with van der Waals surface area (Å²) < 4.78 is 9.03. The number of para-hydroxylation sites is 1. The number of pyridine rings is 1. The summed E-state index contributed by atoms with van der Waals surface area (Å²) in [5.41, 5.74) is 1.61. The van der Waals surface area contributed by atoms with Gasteiger partial charge in [-0.15, -0.1) is 0 Å². The first kappa shape index (κ1) is 10.4. The lowest BCUT2D eigenvalue weighted by Gasteiger charge is -2.06. The molecule has 0 atom stereocenters. The van der Waals surface area contributed by atoms with Gasteiger partial charge in [0.1, 0.15) is 5.75 Å². The van der Waals surface area contributed by atoms with E-state index in [2.05, 4.69) is 4.98 Å². The number of phenols is 1. The summed E-state index contributed by atoms with van der Waals surface area (Å²) in [5, 5.41) is 11.6. The Morgan fingerprint density at radius 3 is 2.65 bits per heavy atom. The molecule has 0 saturated carbocycles. The lowest BCUT2D eigenvalue weighted by atomic mass is 10.1. The molecule has 0 fully saturated rings. The van der Waals surface area contributed by atoms with E-state index in [1.165, 1.54) is 0 Å². The highest BCUT2D eigenvalue weighted by atomic mass is 32.2. The van der Waals surface area contributed by atoms with Crippen LogP contribution < -0.4 is 0 Å². The zero-order valence-corrected chi connectivity index (χ0v) is 9.61. The van der Waals surface area contributed by atoms with Crippen LogP contribution in [-0.2, 0) is 0 Å². The van der Waals surface area contributed by atoms with Crippen molar-refractivity contribution in [3.05, 3.63) is 42.5 Å². The third-order valence-electron chi connectivity index (χ3n) is 2.73. The van der Waals surface area contributed by atoms with Crippen molar-refractivity contribution in [3.8, 4) is 5.75 Å². The van der Waals surface area contributed by atoms with Gasteiger partial charge in [0.15, 0.2) is 0 Å². The summed E-state index contributed by atoms with van der Waals surface area (Å²) in [6.45, 7) is 0. The Hall–Kier alpha value is -1.78. The standard InChI is InChI=1S/C13H9NO2S/c15-13-9-7-8-3-1-2-4-10(8)14-11(9)5-6-12(13)17-16/h1-7,15-16H. The fourth-order valence-electron chi connectivity index (χ4n) is 1.89. The van der Waals surface area contributed by atoms with Gasteiger partial charge in [0, 0.05) is 22.8 Å². The number of aromatic hydroxyl groups is 1. The van der Waals surface area contributed by atoms with E-state index >= 15 is 0 Å². The molecule has 0 aliphatic heterocycles. The molecule has 1 aromatic heterocycles. The summed E-state index contributed by atoms with van der Waals surface area (Å²) in [6, 6.07) is 13.1. The zero-order chi connectivity index (χ0) is 11.8. The van der Waals surface area contributed by atoms with Gasteiger partial charge in [0.2, 0.25) is 0 Å². The molecule has 1 heterocycles. The van der Waals surface area contributed by atoms with E-state index in [4.69, 9.17) is 4.55 Å². The number of hydrogen-bond donors (Lipinski definition) is 2. The van der Waals surface area contributed by atoms with Gasteiger partial charge in [0.05, 0.1) is 15.9 Å². The molecule has 0 aliphatic carbocycles. The predicted octanol–water partition coefficient (Wildman–Crippen LogP) is 3.66. The molecule has 17 heavy (non-hydrogen) atoms. The first-order valence-electron chi connectivity index (χ1n) is 5.12. The largest absolute Gasteiger partial charge is 0.506 e. The first-order chi connectivity index (χ1) is 8.29. The van der Waals surface area contributed by atoms with Crippen LogP contribution in [-0.4, -0.2) is 14.6 Å². The van der Waals surface area contributed by atoms with Crippen molar-refractivity contribution in [2.75, 3.05) is 0 Å². The summed E-state index contributed by atoms with van der Waals surface area (Å²) in [6.07, 6.45) is 0. The Balaban J connectivity index is 2.44. The van der Waals surface area contributed by atoms with E-state index in [0.29, 0.717) is 22.3 Å². The zero-order valence-electron chi connectivity index (χ0n) is 8.79. The van der Waals surface area contributed by atoms with Crippen LogP contribution >= 0.6 is 12.0 Å². The van der Waals surface area contributed by atoms with Crippen molar-refractivity contribution in [2.45, 2.75) is 4.90 Å². The van der Waals surface area contributed by atoms with Crippen molar-refractivity contribution in [1.82, 2.24) is 4.98 Å². The highest BCUT2D eigenvalue weighted by Gasteiger charge is 2.08. The molecule has 2 aromatic carbocycles. The molecule has 3 rings (SSSR count). The highest BCUT2D eigenvalue weighted by Crippen LogP contribution is 2.34. The van der Waals surface area contributed by atoms with Gasteiger partial charge in [-0.2, -0.15) is 0 Å².